The first-order valence-corrected chi connectivity index (χ1v) is 6.93. The Morgan fingerprint density at radius 3 is 2.71 bits per heavy atom. The van der Waals surface area contributed by atoms with Crippen LogP contribution in [-0.2, 0) is 0 Å². The quantitative estimate of drug-likeness (QED) is 0.800. The molecular weight excluding hydrogens is 276 g/mol. The van der Waals surface area contributed by atoms with Gasteiger partial charge in [0.2, 0.25) is 0 Å². The molecule has 1 fully saturated rings. The first-order chi connectivity index (χ1) is 8.36. The summed E-state index contributed by atoms with van der Waals surface area (Å²) in [4.78, 5) is 4.52. The third kappa shape index (κ3) is 2.04. The highest BCUT2D eigenvalue weighted by Crippen LogP contribution is 2.34. The molecule has 0 radical (unpaired) electrons. The predicted molar refractivity (Wildman–Crippen MR) is 72.9 cm³/mol. The molecule has 17 heavy (non-hydrogen) atoms. The Morgan fingerprint density at radius 1 is 1.18 bits per heavy atom. The van der Waals surface area contributed by atoms with E-state index in [1.54, 1.807) is 0 Å². The summed E-state index contributed by atoms with van der Waals surface area (Å²) in [7, 11) is 0. The van der Waals surface area contributed by atoms with Gasteiger partial charge in [-0.1, -0.05) is 47.0 Å². The molecule has 0 saturated heterocycles. The largest absolute Gasteiger partial charge is 0.328 e. The molecule has 1 aromatic carbocycles. The molecule has 2 nitrogen and oxygen atoms in total. The highest BCUT2D eigenvalue weighted by molar-refractivity contribution is 9.10. The molecule has 3 rings (SSSR count). The summed E-state index contributed by atoms with van der Waals surface area (Å²) in [5, 5.41) is 0. The van der Waals surface area contributed by atoms with Crippen LogP contribution in [-0.4, -0.2) is 9.55 Å². The van der Waals surface area contributed by atoms with Crippen molar-refractivity contribution in [3.05, 3.63) is 41.1 Å². The molecule has 1 aliphatic rings. The van der Waals surface area contributed by atoms with Crippen molar-refractivity contribution in [1.29, 1.82) is 0 Å². The van der Waals surface area contributed by atoms with Crippen LogP contribution in [0.2, 0.25) is 0 Å². The van der Waals surface area contributed by atoms with E-state index in [-0.39, 0.29) is 0 Å². The maximum Gasteiger partial charge on any atom is 0.141 e. The molecule has 0 amide bonds. The molecule has 88 valence electrons. The summed E-state index contributed by atoms with van der Waals surface area (Å²) < 4.78 is 3.46. The summed E-state index contributed by atoms with van der Waals surface area (Å²) in [6.07, 6.45) is 9.29. The molecular formula is C14H15BrN2. The number of nitrogens with zero attached hydrogens (tertiary/aromatic N) is 2. The fraction of sp³-hybridized carbons (Fsp3) is 0.357. The van der Waals surface area contributed by atoms with Crippen molar-refractivity contribution in [1.82, 2.24) is 9.55 Å². The van der Waals surface area contributed by atoms with Gasteiger partial charge >= 0.3 is 0 Å². The van der Waals surface area contributed by atoms with E-state index in [2.05, 4.69) is 49.9 Å². The number of halogens is 1. The summed E-state index contributed by atoms with van der Waals surface area (Å²) in [5.41, 5.74) is 1.18. The van der Waals surface area contributed by atoms with Gasteiger partial charge in [-0.25, -0.2) is 4.98 Å². The van der Waals surface area contributed by atoms with Crippen molar-refractivity contribution in [2.75, 3.05) is 0 Å². The fourth-order valence-corrected chi connectivity index (χ4v) is 3.10. The lowest BCUT2D eigenvalue weighted by Gasteiger charge is -2.15. The number of hydrogen-bond acceptors (Lipinski definition) is 1. The minimum absolute atomic E-state index is 0.639. The monoisotopic (exact) mass is 290 g/mol. The van der Waals surface area contributed by atoms with Crippen LogP contribution in [0.15, 0.2) is 41.1 Å². The Morgan fingerprint density at radius 2 is 1.94 bits per heavy atom. The minimum atomic E-state index is 0.639. The van der Waals surface area contributed by atoms with Gasteiger partial charge in [0.05, 0.1) is 0 Å². The summed E-state index contributed by atoms with van der Waals surface area (Å²) in [6, 6.07) is 8.94. The molecule has 0 atom stereocenters. The second kappa shape index (κ2) is 4.65. The van der Waals surface area contributed by atoms with Crippen LogP contribution in [0.4, 0.5) is 0 Å². The van der Waals surface area contributed by atoms with E-state index in [0.717, 1.165) is 10.3 Å². The maximum atomic E-state index is 4.52. The number of hydrogen-bond donors (Lipinski definition) is 0. The van der Waals surface area contributed by atoms with Gasteiger partial charge in [-0.15, -0.1) is 0 Å². The number of rotatable bonds is 2. The van der Waals surface area contributed by atoms with Crippen LogP contribution < -0.4 is 0 Å². The molecule has 0 bridgehead atoms. The molecule has 1 aromatic heterocycles. The van der Waals surface area contributed by atoms with Crippen molar-refractivity contribution in [3.63, 3.8) is 0 Å². The van der Waals surface area contributed by atoms with Crippen molar-refractivity contribution < 1.29 is 0 Å². The Kier molecular flexibility index (Phi) is 3.02. The first-order valence-electron chi connectivity index (χ1n) is 6.14. The van der Waals surface area contributed by atoms with E-state index >= 15 is 0 Å². The van der Waals surface area contributed by atoms with E-state index < -0.39 is 0 Å². The van der Waals surface area contributed by atoms with Gasteiger partial charge in [0.25, 0.3) is 0 Å². The van der Waals surface area contributed by atoms with Crippen LogP contribution in [0.1, 0.15) is 31.7 Å². The first kappa shape index (κ1) is 11.0. The Balaban J connectivity index is 2.04. The third-order valence-electron chi connectivity index (χ3n) is 3.50. The topological polar surface area (TPSA) is 17.8 Å². The zero-order valence-corrected chi connectivity index (χ0v) is 11.2. The number of aromatic nitrogens is 2. The zero-order chi connectivity index (χ0) is 11.7. The van der Waals surface area contributed by atoms with Crippen molar-refractivity contribution in [2.45, 2.75) is 31.7 Å². The van der Waals surface area contributed by atoms with Gasteiger partial charge in [0.1, 0.15) is 5.82 Å². The summed E-state index contributed by atoms with van der Waals surface area (Å²) in [5.74, 6) is 1.09. The molecule has 0 N–H and O–H groups in total. The van der Waals surface area contributed by atoms with E-state index in [1.807, 2.05) is 12.3 Å². The average molecular weight is 291 g/mol. The standard InChI is InChI=1S/C14H15BrN2/c15-13-8-4-3-7-12(13)14-16-9-10-17(14)11-5-1-2-6-11/h3-4,7-11H,1-2,5-6H2. The highest BCUT2D eigenvalue weighted by atomic mass is 79.9. The van der Waals surface area contributed by atoms with E-state index in [4.69, 9.17) is 0 Å². The van der Waals surface area contributed by atoms with E-state index in [0.29, 0.717) is 6.04 Å². The lowest BCUT2D eigenvalue weighted by molar-refractivity contribution is 0.523. The van der Waals surface area contributed by atoms with E-state index in [1.165, 1.54) is 31.2 Å². The van der Waals surface area contributed by atoms with Gasteiger partial charge in [-0.3, -0.25) is 0 Å². The normalized spacial score (nSPS) is 16.5. The van der Waals surface area contributed by atoms with Crippen molar-refractivity contribution in [3.8, 4) is 11.4 Å². The fourth-order valence-electron chi connectivity index (χ4n) is 2.64. The van der Waals surface area contributed by atoms with Crippen LogP contribution in [0.3, 0.4) is 0 Å². The lowest BCUT2D eigenvalue weighted by atomic mass is 10.2. The smallest absolute Gasteiger partial charge is 0.141 e. The van der Waals surface area contributed by atoms with Gasteiger partial charge in [-0.05, 0) is 18.9 Å². The molecule has 0 unspecified atom stereocenters. The summed E-state index contributed by atoms with van der Waals surface area (Å²) >= 11 is 3.61. The number of imidazole rings is 1. The average Bonchev–Trinajstić information content (AvgIpc) is 3.00. The highest BCUT2D eigenvalue weighted by Gasteiger charge is 2.20. The second-order valence-corrected chi connectivity index (χ2v) is 5.43. The van der Waals surface area contributed by atoms with Crippen molar-refractivity contribution in [2.24, 2.45) is 0 Å². The van der Waals surface area contributed by atoms with Crippen LogP contribution >= 0.6 is 15.9 Å². The maximum absolute atomic E-state index is 4.52. The van der Waals surface area contributed by atoms with E-state index in [9.17, 15) is 0 Å². The van der Waals surface area contributed by atoms with Crippen LogP contribution in [0.25, 0.3) is 11.4 Å². The third-order valence-corrected chi connectivity index (χ3v) is 4.19. The molecule has 1 heterocycles. The van der Waals surface area contributed by atoms with Crippen molar-refractivity contribution >= 4 is 15.9 Å². The SMILES string of the molecule is Brc1ccccc1-c1nccn1C1CCCC1. The Hall–Kier alpha value is -1.09. The van der Waals surface area contributed by atoms with Gasteiger partial charge in [0, 0.05) is 28.5 Å². The molecule has 1 saturated carbocycles. The minimum Gasteiger partial charge on any atom is -0.328 e. The molecule has 0 spiro atoms. The lowest BCUT2D eigenvalue weighted by Crippen LogP contribution is -2.05. The zero-order valence-electron chi connectivity index (χ0n) is 9.64. The predicted octanol–water partition coefficient (Wildman–Crippen LogP) is 4.43. The molecule has 2 aromatic rings. The Bertz CT molecular complexity index is 512. The van der Waals surface area contributed by atoms with Gasteiger partial charge < -0.3 is 4.57 Å². The summed E-state index contributed by atoms with van der Waals surface area (Å²) in [6.45, 7) is 0. The van der Waals surface area contributed by atoms with Gasteiger partial charge in [-0.2, -0.15) is 0 Å². The van der Waals surface area contributed by atoms with Gasteiger partial charge in [0.15, 0.2) is 0 Å². The van der Waals surface area contributed by atoms with Crippen LogP contribution in [0.5, 0.6) is 0 Å². The van der Waals surface area contributed by atoms with Crippen LogP contribution in [0, 0.1) is 0 Å². The Labute approximate surface area is 110 Å². The molecule has 1 aliphatic carbocycles. The number of benzene rings is 1. The molecule has 0 aliphatic heterocycles. The molecule has 3 heteroatoms. The second-order valence-electron chi connectivity index (χ2n) is 4.58.